The molecule has 0 aliphatic rings. The van der Waals surface area contributed by atoms with Crippen molar-refractivity contribution in [3.05, 3.63) is 388 Å². The van der Waals surface area contributed by atoms with Gasteiger partial charge in [-0.3, -0.25) is 9.13 Å². The number of hydrogen-bond acceptors (Lipinski definition) is 7. The third kappa shape index (κ3) is 11.2. The highest BCUT2D eigenvalue weighted by Gasteiger charge is 2.28. The quantitative estimate of drug-likeness (QED) is 0.0998. The average Bonchev–Trinajstić information content (AvgIpc) is 1.56. The highest BCUT2D eigenvalue weighted by Crippen LogP contribution is 2.43. The zero-order chi connectivity index (χ0) is 74.5. The first kappa shape index (κ1) is 64.9. The van der Waals surface area contributed by atoms with Gasteiger partial charge in [0.05, 0.1) is 66.9 Å². The maximum atomic E-state index is 5.46. The predicted molar refractivity (Wildman–Crippen MR) is 464 cm³/mol. The van der Waals surface area contributed by atoms with E-state index in [1.165, 1.54) is 0 Å². The molecule has 0 unspecified atom stereocenters. The molecule has 15 aromatic carbocycles. The molecular formula is C101H64BN11. The van der Waals surface area contributed by atoms with Crippen LogP contribution >= 0.6 is 0 Å². The topological polar surface area (TPSA) is 110 Å². The van der Waals surface area contributed by atoms with E-state index in [0.717, 1.165) is 177 Å². The van der Waals surface area contributed by atoms with Gasteiger partial charge >= 0.3 is 0 Å². The molecule has 0 saturated carbocycles. The number of nitrogens with zero attached hydrogens (tertiary/aromatic N) is 11. The Bertz CT molecular complexity index is 6930. The lowest BCUT2D eigenvalue weighted by Gasteiger charge is -2.19. The minimum atomic E-state index is -0.299. The molecule has 0 amide bonds. The zero-order valence-corrected chi connectivity index (χ0v) is 60.9. The molecule has 0 fully saturated rings. The summed E-state index contributed by atoms with van der Waals surface area (Å²) in [7, 11) is 0. The largest absolute Gasteiger partial charge is 0.309 e. The van der Waals surface area contributed by atoms with Gasteiger partial charge in [-0.25, -0.2) is 34.9 Å². The van der Waals surface area contributed by atoms with Crippen LogP contribution in [0.15, 0.2) is 388 Å². The van der Waals surface area contributed by atoms with Crippen molar-refractivity contribution in [1.82, 2.24) is 53.2 Å². The van der Waals surface area contributed by atoms with Crippen molar-refractivity contribution in [2.75, 3.05) is 0 Å². The summed E-state index contributed by atoms with van der Waals surface area (Å²) in [4.78, 5) is 37.3. The molecule has 0 spiro atoms. The van der Waals surface area contributed by atoms with Crippen LogP contribution in [-0.4, -0.2) is 59.9 Å². The first-order valence-corrected chi connectivity index (χ1v) is 38.1. The maximum Gasteiger partial charge on any atom is 0.241 e. The molecule has 0 N–H and O–H groups in total. The van der Waals surface area contributed by atoms with E-state index >= 15 is 0 Å². The number of para-hydroxylation sites is 4. The summed E-state index contributed by atoms with van der Waals surface area (Å²) in [6, 6.07) is 138. The summed E-state index contributed by atoms with van der Waals surface area (Å²) in [5.74, 6) is 2.98. The highest BCUT2D eigenvalue weighted by molar-refractivity contribution is 6.95. The summed E-state index contributed by atoms with van der Waals surface area (Å²) in [5, 5.41) is 9.05. The summed E-state index contributed by atoms with van der Waals surface area (Å²) >= 11 is 0. The molecule has 11 nitrogen and oxygen atoms in total. The van der Waals surface area contributed by atoms with E-state index < -0.39 is 0 Å². The molecule has 7 heterocycles. The first-order chi connectivity index (χ1) is 56.0. The highest BCUT2D eigenvalue weighted by atomic mass is 15.2. The molecule has 0 atom stereocenters. The van der Waals surface area contributed by atoms with Crippen LogP contribution in [0.2, 0.25) is 0 Å². The van der Waals surface area contributed by atoms with E-state index in [-0.39, 0.29) is 6.71 Å². The zero-order valence-electron chi connectivity index (χ0n) is 60.9. The van der Waals surface area contributed by atoms with E-state index in [2.05, 4.69) is 322 Å². The van der Waals surface area contributed by atoms with Crippen LogP contribution in [0, 0.1) is 0 Å². The third-order valence-electron chi connectivity index (χ3n) is 22.2. The lowest BCUT2D eigenvalue weighted by atomic mass is 9.37. The van der Waals surface area contributed by atoms with E-state index in [0.29, 0.717) is 29.4 Å². The fourth-order valence-electron chi connectivity index (χ4n) is 17.0. The summed E-state index contributed by atoms with van der Waals surface area (Å²) < 4.78 is 9.41. The Kier molecular flexibility index (Phi) is 15.4. The Morgan fingerprint density at radius 1 is 0.168 bits per heavy atom. The summed E-state index contributed by atoms with van der Waals surface area (Å²) in [6.45, 7) is -0.299. The molecule has 113 heavy (non-hydrogen) atoms. The maximum absolute atomic E-state index is 5.46. The van der Waals surface area contributed by atoms with Crippen molar-refractivity contribution in [2.24, 2.45) is 0 Å². The Morgan fingerprint density at radius 3 is 0.770 bits per heavy atom. The molecule has 22 rings (SSSR count). The Hall–Kier alpha value is -15.3. The molecular weight excluding hydrogens is 1380 g/mol. The van der Waals surface area contributed by atoms with Crippen LogP contribution in [0.5, 0.6) is 0 Å². The van der Waals surface area contributed by atoms with Crippen LogP contribution in [0.4, 0.5) is 0 Å². The van der Waals surface area contributed by atoms with Gasteiger partial charge in [0, 0.05) is 93.4 Å². The molecule has 22 aromatic rings. The van der Waals surface area contributed by atoms with Crippen molar-refractivity contribution in [3.63, 3.8) is 0 Å². The van der Waals surface area contributed by atoms with Crippen LogP contribution in [0.25, 0.3) is 190 Å². The van der Waals surface area contributed by atoms with Gasteiger partial charge in [-0.2, -0.15) is 0 Å². The Labute approximate surface area is 650 Å². The van der Waals surface area contributed by atoms with Crippen molar-refractivity contribution in [3.8, 4) is 102 Å². The lowest BCUT2D eigenvalue weighted by molar-refractivity contribution is 0.995. The van der Waals surface area contributed by atoms with Crippen molar-refractivity contribution < 1.29 is 0 Å². The standard InChI is InChI=1S/C101H64BN11/c1-7-29-65(30-8-1)85-61-86(66-31-9-2-10-32-66)104-100(103-85)112-91-51-25-21-47-79(91)83-59-81-77-45-19-23-49-89(77)110(93(81)63-95(83)112)75-43-27-41-73(57-75)102(72-55-53-71(54-56-72)99-108-97(69-37-15-5-16-38-69)107-98(109-99)70-39-17-6-18-40-70)74-42-28-44-76(58-74)111-90-50-24-20-46-78(90)82-60-84-80-48-22-26-52-92(80)113(96(84)64-94(82)111)101-105-87(67-33-11-3-12-34-67)62-88(106-101)68-35-13-4-14-36-68/h1-64H. The molecule has 526 valence electrons. The predicted octanol–water partition coefficient (Wildman–Crippen LogP) is 22.0. The van der Waals surface area contributed by atoms with Gasteiger partial charge in [-0.1, -0.05) is 320 Å². The second-order valence-electron chi connectivity index (χ2n) is 28.8. The Morgan fingerprint density at radius 2 is 0.442 bits per heavy atom. The van der Waals surface area contributed by atoms with Gasteiger partial charge < -0.3 is 9.13 Å². The Balaban J connectivity index is 0.743. The van der Waals surface area contributed by atoms with E-state index in [9.17, 15) is 0 Å². The van der Waals surface area contributed by atoms with Crippen molar-refractivity contribution >= 4 is 110 Å². The smallest absolute Gasteiger partial charge is 0.241 e. The van der Waals surface area contributed by atoms with Crippen molar-refractivity contribution in [2.45, 2.75) is 0 Å². The average molecular weight is 1440 g/mol. The summed E-state index contributed by atoms with van der Waals surface area (Å²) in [5.41, 5.74) is 23.8. The summed E-state index contributed by atoms with van der Waals surface area (Å²) in [6.07, 6.45) is 0. The normalized spacial score (nSPS) is 11.7. The van der Waals surface area contributed by atoms with Gasteiger partial charge in [0.25, 0.3) is 0 Å². The number of benzene rings is 15. The third-order valence-corrected chi connectivity index (χ3v) is 22.2. The second-order valence-corrected chi connectivity index (χ2v) is 28.8. The van der Waals surface area contributed by atoms with Gasteiger partial charge in [0.15, 0.2) is 17.5 Å². The van der Waals surface area contributed by atoms with Crippen LogP contribution in [-0.2, 0) is 0 Å². The van der Waals surface area contributed by atoms with Gasteiger partial charge in [0.2, 0.25) is 18.6 Å². The van der Waals surface area contributed by atoms with E-state index in [1.807, 2.05) is 84.9 Å². The lowest BCUT2D eigenvalue weighted by Crippen LogP contribution is -2.52. The molecule has 0 aliphatic carbocycles. The molecule has 7 aromatic heterocycles. The monoisotopic (exact) mass is 1440 g/mol. The fourth-order valence-corrected chi connectivity index (χ4v) is 17.0. The fraction of sp³-hybridized carbons (Fsp3) is 0. The minimum Gasteiger partial charge on any atom is -0.309 e. The minimum absolute atomic E-state index is 0.299. The van der Waals surface area contributed by atoms with E-state index in [1.54, 1.807) is 0 Å². The van der Waals surface area contributed by atoms with Crippen molar-refractivity contribution in [1.29, 1.82) is 0 Å². The molecule has 0 radical (unpaired) electrons. The number of rotatable bonds is 14. The first-order valence-electron chi connectivity index (χ1n) is 38.1. The molecule has 0 saturated heterocycles. The number of aromatic nitrogens is 11. The second kappa shape index (κ2) is 26.8. The van der Waals surface area contributed by atoms with Gasteiger partial charge in [-0.15, -0.1) is 0 Å². The number of hydrogen-bond donors (Lipinski definition) is 0. The van der Waals surface area contributed by atoms with E-state index in [4.69, 9.17) is 34.9 Å². The van der Waals surface area contributed by atoms with Crippen LogP contribution < -0.4 is 16.4 Å². The molecule has 0 bridgehead atoms. The molecule has 0 aliphatic heterocycles. The van der Waals surface area contributed by atoms with Crippen LogP contribution in [0.3, 0.4) is 0 Å². The van der Waals surface area contributed by atoms with Crippen LogP contribution in [0.1, 0.15) is 0 Å². The van der Waals surface area contributed by atoms with Gasteiger partial charge in [-0.05, 0) is 84.9 Å². The van der Waals surface area contributed by atoms with Gasteiger partial charge in [0.1, 0.15) is 0 Å². The SMILES string of the molecule is c1ccc(-c2cc(-c3ccccc3)nc(-n3c4ccccc4c4cc5c6ccccc6n(-c6cccc(B(c7ccc(-c8nc(-c9ccccc9)nc(-c9ccccc9)n8)cc7)c7cccc(-n8c9ccccc9c9cc%10c%11ccccc%11n(-c%11nc(-c%12ccccc%12)cc(-c%12ccccc%12)n%11)c%10cc98)c7)c6)c5cc43)n2)cc1. The number of fused-ring (bicyclic) bond motifs is 12. The molecule has 12 heteroatoms.